The Morgan fingerprint density at radius 3 is 2.56 bits per heavy atom. The zero-order chi connectivity index (χ0) is 19.0. The number of nitrogens with one attached hydrogen (secondary N) is 1. The van der Waals surface area contributed by atoms with Crippen molar-refractivity contribution >= 4 is 29.0 Å². The SMILES string of the molecule is CCCCn1c(N)c(N(CCC(C)C)C(=O)CCCCl)c(=O)[nH]c1=O. The van der Waals surface area contributed by atoms with Gasteiger partial charge in [0, 0.05) is 25.4 Å². The van der Waals surface area contributed by atoms with Crippen molar-refractivity contribution in [3.63, 3.8) is 0 Å². The summed E-state index contributed by atoms with van der Waals surface area (Å²) >= 11 is 5.68. The van der Waals surface area contributed by atoms with Crippen LogP contribution < -0.4 is 21.9 Å². The van der Waals surface area contributed by atoms with E-state index in [1.54, 1.807) is 0 Å². The minimum absolute atomic E-state index is 0.0465. The molecule has 7 nitrogen and oxygen atoms in total. The lowest BCUT2D eigenvalue weighted by Gasteiger charge is -2.25. The number of unbranched alkanes of at least 4 members (excludes halogenated alkanes) is 1. The number of halogens is 1. The maximum absolute atomic E-state index is 12.6. The van der Waals surface area contributed by atoms with E-state index in [2.05, 4.69) is 4.98 Å². The molecule has 8 heteroatoms. The highest BCUT2D eigenvalue weighted by Gasteiger charge is 2.23. The van der Waals surface area contributed by atoms with Crippen molar-refractivity contribution in [2.45, 2.75) is 59.4 Å². The first kappa shape index (κ1) is 21.3. The van der Waals surface area contributed by atoms with Gasteiger partial charge in [-0.3, -0.25) is 19.1 Å². The molecule has 0 saturated carbocycles. The zero-order valence-corrected chi connectivity index (χ0v) is 16.1. The largest absolute Gasteiger partial charge is 0.383 e. The Balaban J connectivity index is 3.33. The van der Waals surface area contributed by atoms with Crippen molar-refractivity contribution in [3.8, 4) is 0 Å². The van der Waals surface area contributed by atoms with Gasteiger partial charge in [-0.1, -0.05) is 27.2 Å². The molecular formula is C17H29ClN4O3. The summed E-state index contributed by atoms with van der Waals surface area (Å²) in [6.45, 7) is 6.85. The van der Waals surface area contributed by atoms with E-state index in [4.69, 9.17) is 17.3 Å². The Labute approximate surface area is 153 Å². The van der Waals surface area contributed by atoms with Gasteiger partial charge >= 0.3 is 5.69 Å². The molecule has 1 rings (SSSR count). The molecule has 0 aromatic carbocycles. The second-order valence-corrected chi connectivity index (χ2v) is 6.90. The minimum Gasteiger partial charge on any atom is -0.383 e. The van der Waals surface area contributed by atoms with Crippen LogP contribution in [0.15, 0.2) is 9.59 Å². The van der Waals surface area contributed by atoms with Crippen LogP contribution in [0.5, 0.6) is 0 Å². The van der Waals surface area contributed by atoms with Gasteiger partial charge in [0.2, 0.25) is 5.91 Å². The van der Waals surface area contributed by atoms with Gasteiger partial charge in [-0.05, 0) is 25.2 Å². The highest BCUT2D eigenvalue weighted by atomic mass is 35.5. The fourth-order valence-electron chi connectivity index (χ4n) is 2.48. The second-order valence-electron chi connectivity index (χ2n) is 6.52. The predicted octanol–water partition coefficient (Wildman–Crippen LogP) is 2.32. The summed E-state index contributed by atoms with van der Waals surface area (Å²) in [5, 5.41) is 0. The maximum atomic E-state index is 12.6. The first-order valence-electron chi connectivity index (χ1n) is 8.82. The number of rotatable bonds is 10. The van der Waals surface area contributed by atoms with Crippen LogP contribution in [0.1, 0.15) is 52.9 Å². The average Bonchev–Trinajstić information content (AvgIpc) is 2.54. The van der Waals surface area contributed by atoms with Crippen molar-refractivity contribution in [2.24, 2.45) is 5.92 Å². The van der Waals surface area contributed by atoms with Crippen LogP contribution in [0.25, 0.3) is 0 Å². The fourth-order valence-corrected chi connectivity index (χ4v) is 2.61. The lowest BCUT2D eigenvalue weighted by Crippen LogP contribution is -2.42. The molecule has 25 heavy (non-hydrogen) atoms. The molecule has 0 saturated heterocycles. The first-order valence-corrected chi connectivity index (χ1v) is 9.35. The predicted molar refractivity (Wildman–Crippen MR) is 102 cm³/mol. The molecule has 1 aromatic rings. The number of carbonyl (C=O) groups is 1. The number of carbonyl (C=O) groups excluding carboxylic acids is 1. The Bertz CT molecular complexity index is 681. The van der Waals surface area contributed by atoms with E-state index in [0.717, 1.165) is 19.3 Å². The molecule has 0 aliphatic heterocycles. The van der Waals surface area contributed by atoms with Gasteiger partial charge < -0.3 is 10.6 Å². The lowest BCUT2D eigenvalue weighted by atomic mass is 10.1. The van der Waals surface area contributed by atoms with Crippen LogP contribution >= 0.6 is 11.6 Å². The van der Waals surface area contributed by atoms with Crippen LogP contribution in [0.3, 0.4) is 0 Å². The van der Waals surface area contributed by atoms with E-state index in [1.807, 2.05) is 20.8 Å². The molecule has 0 unspecified atom stereocenters. The smallest absolute Gasteiger partial charge is 0.330 e. The monoisotopic (exact) mass is 372 g/mol. The number of aromatic amines is 1. The summed E-state index contributed by atoms with van der Waals surface area (Å²) in [6, 6.07) is 0. The van der Waals surface area contributed by atoms with E-state index in [1.165, 1.54) is 9.47 Å². The first-order chi connectivity index (χ1) is 11.8. The van der Waals surface area contributed by atoms with Gasteiger partial charge in [0.05, 0.1) is 0 Å². The number of H-pyrrole nitrogens is 1. The van der Waals surface area contributed by atoms with Gasteiger partial charge in [0.1, 0.15) is 5.82 Å². The Morgan fingerprint density at radius 2 is 2.00 bits per heavy atom. The molecule has 0 bridgehead atoms. The van der Waals surface area contributed by atoms with Crippen LogP contribution in [0.4, 0.5) is 11.5 Å². The van der Waals surface area contributed by atoms with Gasteiger partial charge in [0.25, 0.3) is 5.56 Å². The topological polar surface area (TPSA) is 101 Å². The molecule has 0 radical (unpaired) electrons. The summed E-state index contributed by atoms with van der Waals surface area (Å²) in [6.07, 6.45) is 3.10. The minimum atomic E-state index is -0.627. The van der Waals surface area contributed by atoms with Crippen molar-refractivity contribution in [1.29, 1.82) is 0 Å². The van der Waals surface area contributed by atoms with E-state index < -0.39 is 11.2 Å². The third-order valence-corrected chi connectivity index (χ3v) is 4.24. The quantitative estimate of drug-likeness (QED) is 0.615. The number of nitrogens with zero attached hydrogens (tertiary/aromatic N) is 2. The van der Waals surface area contributed by atoms with E-state index in [9.17, 15) is 14.4 Å². The lowest BCUT2D eigenvalue weighted by molar-refractivity contribution is -0.118. The summed E-state index contributed by atoms with van der Waals surface area (Å²) in [5.74, 6) is 0.560. The van der Waals surface area contributed by atoms with Crippen molar-refractivity contribution in [2.75, 3.05) is 23.1 Å². The number of anilines is 2. The highest BCUT2D eigenvalue weighted by Crippen LogP contribution is 2.20. The number of nitrogens with two attached hydrogens (primary N) is 1. The highest BCUT2D eigenvalue weighted by molar-refractivity contribution is 6.18. The fraction of sp³-hybridized carbons (Fsp3) is 0.706. The van der Waals surface area contributed by atoms with E-state index in [-0.39, 0.29) is 23.8 Å². The number of aromatic nitrogens is 2. The summed E-state index contributed by atoms with van der Waals surface area (Å²) < 4.78 is 1.33. The Hall–Kier alpha value is -1.76. The number of hydrogen-bond donors (Lipinski definition) is 2. The van der Waals surface area contributed by atoms with Gasteiger partial charge in [-0.15, -0.1) is 11.6 Å². The van der Waals surface area contributed by atoms with Crippen LogP contribution in [-0.4, -0.2) is 27.9 Å². The normalized spacial score (nSPS) is 11.1. The molecule has 0 atom stereocenters. The third-order valence-electron chi connectivity index (χ3n) is 3.97. The maximum Gasteiger partial charge on any atom is 0.330 e. The van der Waals surface area contributed by atoms with E-state index >= 15 is 0 Å². The third kappa shape index (κ3) is 5.92. The van der Waals surface area contributed by atoms with Crippen LogP contribution in [0, 0.1) is 5.92 Å². The Kier molecular flexibility index (Phi) is 8.75. The van der Waals surface area contributed by atoms with Crippen molar-refractivity contribution in [3.05, 3.63) is 20.8 Å². The van der Waals surface area contributed by atoms with Crippen LogP contribution in [0.2, 0.25) is 0 Å². The summed E-state index contributed by atoms with van der Waals surface area (Å²) in [5.41, 5.74) is 5.02. The molecule has 0 aliphatic carbocycles. The molecule has 142 valence electrons. The molecule has 3 N–H and O–H groups in total. The zero-order valence-electron chi connectivity index (χ0n) is 15.3. The molecule has 1 amide bonds. The van der Waals surface area contributed by atoms with Gasteiger partial charge in [-0.2, -0.15) is 0 Å². The number of amides is 1. The van der Waals surface area contributed by atoms with Crippen molar-refractivity contribution < 1.29 is 4.79 Å². The van der Waals surface area contributed by atoms with E-state index in [0.29, 0.717) is 31.3 Å². The van der Waals surface area contributed by atoms with Crippen molar-refractivity contribution in [1.82, 2.24) is 9.55 Å². The molecule has 1 heterocycles. The molecule has 0 aliphatic rings. The molecule has 1 aromatic heterocycles. The number of nitrogen functional groups attached to an aromatic ring is 1. The molecular weight excluding hydrogens is 344 g/mol. The standard InChI is InChI=1S/C17H29ClN4O3/c1-4-5-10-22-15(19)14(16(24)20-17(22)25)21(11-8-12(2)3)13(23)7-6-9-18/h12H,4-11,19H2,1-3H3,(H,20,24,25). The van der Waals surface area contributed by atoms with Crippen LogP contribution in [-0.2, 0) is 11.3 Å². The summed E-state index contributed by atoms with van der Waals surface area (Å²) in [4.78, 5) is 40.7. The van der Waals surface area contributed by atoms with Gasteiger partial charge in [0.15, 0.2) is 5.69 Å². The average molecular weight is 373 g/mol. The molecule has 0 spiro atoms. The number of hydrogen-bond acceptors (Lipinski definition) is 4. The number of alkyl halides is 1. The molecule has 0 fully saturated rings. The second kappa shape index (κ2) is 10.3. The van der Waals surface area contributed by atoms with Gasteiger partial charge in [-0.25, -0.2) is 4.79 Å². The summed E-state index contributed by atoms with van der Waals surface area (Å²) in [7, 11) is 0. The Morgan fingerprint density at radius 1 is 1.32 bits per heavy atom.